The maximum absolute atomic E-state index is 11.7. The summed E-state index contributed by atoms with van der Waals surface area (Å²) in [4.78, 5) is 17.6. The van der Waals surface area contributed by atoms with Crippen LogP contribution in [0, 0.1) is 6.92 Å². The van der Waals surface area contributed by atoms with Gasteiger partial charge in [-0.15, -0.1) is 0 Å². The molecule has 0 saturated heterocycles. The summed E-state index contributed by atoms with van der Waals surface area (Å²) in [5.41, 5.74) is 2.94. The van der Waals surface area contributed by atoms with E-state index in [9.17, 15) is 4.79 Å². The van der Waals surface area contributed by atoms with Crippen molar-refractivity contribution in [3.63, 3.8) is 0 Å². The lowest BCUT2D eigenvalue weighted by molar-refractivity contribution is 0.165. The van der Waals surface area contributed by atoms with Crippen LogP contribution in [0.2, 0.25) is 0 Å². The van der Waals surface area contributed by atoms with E-state index in [0.29, 0.717) is 12.3 Å². The van der Waals surface area contributed by atoms with E-state index in [2.05, 4.69) is 4.98 Å². The van der Waals surface area contributed by atoms with Gasteiger partial charge in [-0.3, -0.25) is 4.98 Å². The molecule has 0 aliphatic rings. The van der Waals surface area contributed by atoms with E-state index in [-0.39, 0.29) is 6.09 Å². The van der Waals surface area contributed by atoms with E-state index in [1.165, 1.54) is 4.90 Å². The van der Waals surface area contributed by atoms with Gasteiger partial charge < -0.3 is 9.64 Å². The van der Waals surface area contributed by atoms with Gasteiger partial charge in [0.05, 0.1) is 5.69 Å². The van der Waals surface area contributed by atoms with Crippen molar-refractivity contribution in [2.45, 2.75) is 13.8 Å². The molecule has 0 saturated carbocycles. The summed E-state index contributed by atoms with van der Waals surface area (Å²) in [5.74, 6) is 0.524. The Balaban J connectivity index is 2.22. The summed E-state index contributed by atoms with van der Waals surface area (Å²) in [6.45, 7) is 4.53. The maximum Gasteiger partial charge on any atom is 0.414 e. The molecule has 0 unspecified atom stereocenters. The molecule has 0 bridgehead atoms. The maximum atomic E-state index is 11.7. The molecule has 0 fully saturated rings. The quantitative estimate of drug-likeness (QED) is 0.857. The van der Waals surface area contributed by atoms with Gasteiger partial charge in [-0.05, 0) is 43.7 Å². The SMILES string of the molecule is CCN(C)C(=O)Oc1cccc(-c2cc(C)ccn2)c1. The number of carbonyl (C=O) groups excluding carboxylic acids is 1. The topological polar surface area (TPSA) is 42.4 Å². The van der Waals surface area contributed by atoms with Crippen LogP contribution in [-0.4, -0.2) is 29.6 Å². The van der Waals surface area contributed by atoms with Crippen molar-refractivity contribution in [3.05, 3.63) is 48.2 Å². The van der Waals surface area contributed by atoms with Gasteiger partial charge in [0, 0.05) is 25.4 Å². The van der Waals surface area contributed by atoms with E-state index in [0.717, 1.165) is 16.8 Å². The van der Waals surface area contributed by atoms with Gasteiger partial charge in [-0.2, -0.15) is 0 Å². The highest BCUT2D eigenvalue weighted by Crippen LogP contribution is 2.23. The Morgan fingerprint density at radius 1 is 1.30 bits per heavy atom. The molecular weight excluding hydrogens is 252 g/mol. The number of rotatable bonds is 3. The highest BCUT2D eigenvalue weighted by Gasteiger charge is 2.10. The van der Waals surface area contributed by atoms with Crippen LogP contribution in [0.4, 0.5) is 4.79 Å². The highest BCUT2D eigenvalue weighted by molar-refractivity contribution is 5.71. The first-order valence-electron chi connectivity index (χ1n) is 6.56. The molecule has 0 spiro atoms. The summed E-state index contributed by atoms with van der Waals surface area (Å²) < 4.78 is 5.32. The Morgan fingerprint density at radius 3 is 2.80 bits per heavy atom. The number of benzene rings is 1. The van der Waals surface area contributed by atoms with E-state index in [1.54, 1.807) is 19.3 Å². The van der Waals surface area contributed by atoms with Crippen LogP contribution in [0.5, 0.6) is 5.75 Å². The van der Waals surface area contributed by atoms with Crippen molar-refractivity contribution in [1.82, 2.24) is 9.88 Å². The predicted octanol–water partition coefficient (Wildman–Crippen LogP) is 3.51. The Bertz CT molecular complexity index is 611. The van der Waals surface area contributed by atoms with Crippen LogP contribution in [0.15, 0.2) is 42.6 Å². The molecular formula is C16H18N2O2. The number of aromatic nitrogens is 1. The molecule has 104 valence electrons. The van der Waals surface area contributed by atoms with Gasteiger partial charge in [-0.1, -0.05) is 12.1 Å². The van der Waals surface area contributed by atoms with Crippen molar-refractivity contribution in [3.8, 4) is 17.0 Å². The monoisotopic (exact) mass is 270 g/mol. The van der Waals surface area contributed by atoms with Crippen molar-refractivity contribution in [1.29, 1.82) is 0 Å². The van der Waals surface area contributed by atoms with Crippen LogP contribution in [0.1, 0.15) is 12.5 Å². The van der Waals surface area contributed by atoms with Gasteiger partial charge in [0.1, 0.15) is 5.75 Å². The second-order valence-corrected chi connectivity index (χ2v) is 4.63. The summed E-state index contributed by atoms with van der Waals surface area (Å²) in [7, 11) is 1.70. The Morgan fingerprint density at radius 2 is 2.10 bits per heavy atom. The fraction of sp³-hybridized carbons (Fsp3) is 0.250. The van der Waals surface area contributed by atoms with Crippen molar-refractivity contribution >= 4 is 6.09 Å². The third-order valence-corrected chi connectivity index (χ3v) is 3.04. The lowest BCUT2D eigenvalue weighted by Gasteiger charge is -2.14. The standard InChI is InChI=1S/C16H18N2O2/c1-4-18(3)16(19)20-14-7-5-6-13(11-14)15-10-12(2)8-9-17-15/h5-11H,4H2,1-3H3. The lowest BCUT2D eigenvalue weighted by Crippen LogP contribution is -2.29. The summed E-state index contributed by atoms with van der Waals surface area (Å²) >= 11 is 0. The summed E-state index contributed by atoms with van der Waals surface area (Å²) in [5, 5.41) is 0. The smallest absolute Gasteiger partial charge is 0.410 e. The molecule has 1 heterocycles. The minimum atomic E-state index is -0.359. The lowest BCUT2D eigenvalue weighted by atomic mass is 10.1. The third-order valence-electron chi connectivity index (χ3n) is 3.04. The van der Waals surface area contributed by atoms with E-state index < -0.39 is 0 Å². The number of hydrogen-bond acceptors (Lipinski definition) is 3. The predicted molar refractivity (Wildman–Crippen MR) is 78.7 cm³/mol. The molecule has 1 aromatic heterocycles. The van der Waals surface area contributed by atoms with Gasteiger partial charge in [0.2, 0.25) is 0 Å². The molecule has 2 aromatic rings. The number of hydrogen-bond donors (Lipinski definition) is 0. The van der Waals surface area contributed by atoms with Gasteiger partial charge in [0.25, 0.3) is 0 Å². The zero-order chi connectivity index (χ0) is 14.5. The fourth-order valence-electron chi connectivity index (χ4n) is 1.72. The largest absolute Gasteiger partial charge is 0.414 e. The van der Waals surface area contributed by atoms with Crippen LogP contribution >= 0.6 is 0 Å². The second-order valence-electron chi connectivity index (χ2n) is 4.63. The first kappa shape index (κ1) is 14.1. The van der Waals surface area contributed by atoms with Crippen molar-refractivity contribution in [2.24, 2.45) is 0 Å². The molecule has 1 aromatic carbocycles. The average molecular weight is 270 g/mol. The zero-order valence-electron chi connectivity index (χ0n) is 12.0. The van der Waals surface area contributed by atoms with Crippen molar-refractivity contribution < 1.29 is 9.53 Å². The molecule has 0 aliphatic carbocycles. The van der Waals surface area contributed by atoms with Crippen LogP contribution in [0.25, 0.3) is 11.3 Å². The number of pyridine rings is 1. The summed E-state index contributed by atoms with van der Waals surface area (Å²) in [6, 6.07) is 11.3. The Kier molecular flexibility index (Phi) is 4.35. The molecule has 20 heavy (non-hydrogen) atoms. The first-order valence-corrected chi connectivity index (χ1v) is 6.56. The minimum absolute atomic E-state index is 0.359. The van der Waals surface area contributed by atoms with Crippen LogP contribution in [-0.2, 0) is 0 Å². The van der Waals surface area contributed by atoms with Crippen LogP contribution in [0.3, 0.4) is 0 Å². The fourth-order valence-corrected chi connectivity index (χ4v) is 1.72. The first-order chi connectivity index (χ1) is 9.60. The van der Waals surface area contributed by atoms with E-state index in [1.807, 2.05) is 44.2 Å². The molecule has 0 atom stereocenters. The van der Waals surface area contributed by atoms with E-state index >= 15 is 0 Å². The van der Waals surface area contributed by atoms with Gasteiger partial charge >= 0.3 is 6.09 Å². The number of ether oxygens (including phenoxy) is 1. The number of carbonyl (C=O) groups is 1. The van der Waals surface area contributed by atoms with E-state index in [4.69, 9.17) is 4.74 Å². The normalized spacial score (nSPS) is 10.2. The second kappa shape index (κ2) is 6.19. The molecule has 0 N–H and O–H groups in total. The molecule has 1 amide bonds. The highest BCUT2D eigenvalue weighted by atomic mass is 16.6. The van der Waals surface area contributed by atoms with Gasteiger partial charge in [0.15, 0.2) is 0 Å². The minimum Gasteiger partial charge on any atom is -0.410 e. The molecule has 4 heteroatoms. The third kappa shape index (κ3) is 3.35. The van der Waals surface area contributed by atoms with Gasteiger partial charge in [-0.25, -0.2) is 4.79 Å². The zero-order valence-corrected chi connectivity index (χ0v) is 12.0. The number of nitrogens with zero attached hydrogens (tertiary/aromatic N) is 2. The molecule has 2 rings (SSSR count). The van der Waals surface area contributed by atoms with Crippen LogP contribution < -0.4 is 4.74 Å². The number of aryl methyl sites for hydroxylation is 1. The Labute approximate surface area is 119 Å². The number of amides is 1. The molecule has 0 aliphatic heterocycles. The molecule has 4 nitrogen and oxygen atoms in total. The Hall–Kier alpha value is -2.36. The van der Waals surface area contributed by atoms with Crippen molar-refractivity contribution in [2.75, 3.05) is 13.6 Å². The molecule has 0 radical (unpaired) electrons. The summed E-state index contributed by atoms with van der Waals surface area (Å²) in [6.07, 6.45) is 1.41. The average Bonchev–Trinajstić information content (AvgIpc) is 2.46.